The van der Waals surface area contributed by atoms with Crippen LogP contribution in [0.1, 0.15) is 19.8 Å². The van der Waals surface area contributed by atoms with E-state index < -0.39 is 10.0 Å². The summed E-state index contributed by atoms with van der Waals surface area (Å²) in [4.78, 5) is 0. The van der Waals surface area contributed by atoms with Crippen LogP contribution in [0.25, 0.3) is 0 Å². The molecule has 0 radical (unpaired) electrons. The lowest BCUT2D eigenvalue weighted by Gasteiger charge is -2.13. The van der Waals surface area contributed by atoms with Crippen LogP contribution in [-0.2, 0) is 10.0 Å². The summed E-state index contributed by atoms with van der Waals surface area (Å²) in [5.74, 6) is 2.19. The average Bonchev–Trinajstić information content (AvgIpc) is 2.44. The van der Waals surface area contributed by atoms with Gasteiger partial charge in [-0.15, -0.1) is 0 Å². The van der Waals surface area contributed by atoms with Crippen LogP contribution in [0.5, 0.6) is 17.2 Å². The van der Waals surface area contributed by atoms with E-state index in [2.05, 4.69) is 0 Å². The molecular weight excluding hydrogens is 294 g/mol. The fourth-order valence-corrected chi connectivity index (χ4v) is 2.48. The Balaban J connectivity index is 2.44. The Morgan fingerprint density at radius 1 is 1.05 bits per heavy atom. The van der Waals surface area contributed by atoms with E-state index in [0.29, 0.717) is 30.3 Å². The molecule has 0 amide bonds. The number of primary sulfonamides is 1. The molecule has 6 nitrogen and oxygen atoms in total. The van der Waals surface area contributed by atoms with Crippen molar-refractivity contribution in [2.75, 3.05) is 26.6 Å². The van der Waals surface area contributed by atoms with Crippen LogP contribution < -0.4 is 19.3 Å². The van der Waals surface area contributed by atoms with Gasteiger partial charge in [0, 0.05) is 18.2 Å². The lowest BCUT2D eigenvalue weighted by atomic mass is 10.1. The SMILES string of the molecule is COc1cc(OC)cc(OCCC(C)CCS(N)(=O)=O)c1. The van der Waals surface area contributed by atoms with E-state index in [1.165, 1.54) is 0 Å². The molecule has 0 saturated carbocycles. The molecule has 1 unspecified atom stereocenters. The predicted molar refractivity (Wildman–Crippen MR) is 81.4 cm³/mol. The highest BCUT2D eigenvalue weighted by Crippen LogP contribution is 2.27. The van der Waals surface area contributed by atoms with E-state index in [0.717, 1.165) is 6.42 Å². The number of rotatable bonds is 9. The van der Waals surface area contributed by atoms with Gasteiger partial charge in [0.25, 0.3) is 0 Å². The Hall–Kier alpha value is -1.47. The third kappa shape index (κ3) is 7.19. The molecule has 0 aliphatic heterocycles. The van der Waals surface area contributed by atoms with Crippen LogP contribution >= 0.6 is 0 Å². The first-order chi connectivity index (χ1) is 9.84. The van der Waals surface area contributed by atoms with Gasteiger partial charge in [-0.3, -0.25) is 0 Å². The maximum Gasteiger partial charge on any atom is 0.209 e. The molecule has 0 spiro atoms. The molecule has 1 aromatic carbocycles. The van der Waals surface area contributed by atoms with E-state index in [-0.39, 0.29) is 11.7 Å². The van der Waals surface area contributed by atoms with Crippen LogP contribution in [0.15, 0.2) is 18.2 Å². The minimum atomic E-state index is -3.39. The van der Waals surface area contributed by atoms with Gasteiger partial charge in [-0.1, -0.05) is 6.92 Å². The predicted octanol–water partition coefficient (Wildman–Crippen LogP) is 1.79. The van der Waals surface area contributed by atoms with Crippen molar-refractivity contribution in [2.45, 2.75) is 19.8 Å². The van der Waals surface area contributed by atoms with Gasteiger partial charge in [-0.2, -0.15) is 0 Å². The van der Waals surface area contributed by atoms with Crippen molar-refractivity contribution in [2.24, 2.45) is 11.1 Å². The summed E-state index contributed by atoms with van der Waals surface area (Å²) in [7, 11) is -0.234. The molecule has 120 valence electrons. The van der Waals surface area contributed by atoms with E-state index in [1.807, 2.05) is 6.92 Å². The smallest absolute Gasteiger partial charge is 0.209 e. The summed E-state index contributed by atoms with van der Waals surface area (Å²) < 4.78 is 37.8. The second-order valence-corrected chi connectivity index (χ2v) is 6.68. The molecule has 0 aliphatic rings. The number of benzene rings is 1. The number of ether oxygens (including phenoxy) is 3. The monoisotopic (exact) mass is 317 g/mol. The summed E-state index contributed by atoms with van der Waals surface area (Å²) in [6, 6.07) is 5.32. The van der Waals surface area contributed by atoms with Gasteiger partial charge >= 0.3 is 0 Å². The summed E-state index contributed by atoms with van der Waals surface area (Å²) in [6.45, 7) is 2.46. The third-order valence-corrected chi connectivity index (χ3v) is 3.90. The summed E-state index contributed by atoms with van der Waals surface area (Å²) >= 11 is 0. The van der Waals surface area contributed by atoms with Crippen molar-refractivity contribution in [1.82, 2.24) is 0 Å². The Morgan fingerprint density at radius 3 is 2.05 bits per heavy atom. The van der Waals surface area contributed by atoms with Gasteiger partial charge in [0.05, 0.1) is 26.6 Å². The fourth-order valence-electron chi connectivity index (χ4n) is 1.75. The number of methoxy groups -OCH3 is 2. The molecule has 0 saturated heterocycles. The van der Waals surface area contributed by atoms with Crippen LogP contribution in [0.3, 0.4) is 0 Å². The fraction of sp³-hybridized carbons (Fsp3) is 0.571. The largest absolute Gasteiger partial charge is 0.496 e. The zero-order valence-electron chi connectivity index (χ0n) is 12.7. The number of sulfonamides is 1. The van der Waals surface area contributed by atoms with Crippen LogP contribution in [0.4, 0.5) is 0 Å². The number of hydrogen-bond acceptors (Lipinski definition) is 5. The molecule has 0 bridgehead atoms. The van der Waals surface area contributed by atoms with Gasteiger partial charge < -0.3 is 14.2 Å². The molecule has 0 aromatic heterocycles. The molecular formula is C14H23NO5S. The zero-order chi connectivity index (χ0) is 15.9. The maximum atomic E-state index is 10.9. The molecule has 1 aromatic rings. The Morgan fingerprint density at radius 2 is 1.57 bits per heavy atom. The summed E-state index contributed by atoms with van der Waals surface area (Å²) in [5, 5.41) is 4.98. The molecule has 1 rings (SSSR count). The molecule has 0 fully saturated rings. The molecule has 0 aliphatic carbocycles. The lowest BCUT2D eigenvalue weighted by molar-refractivity contribution is 0.278. The van der Waals surface area contributed by atoms with Crippen molar-refractivity contribution in [3.05, 3.63) is 18.2 Å². The van der Waals surface area contributed by atoms with Gasteiger partial charge in [0.2, 0.25) is 10.0 Å². The van der Waals surface area contributed by atoms with Crippen LogP contribution in [0, 0.1) is 5.92 Å². The Kier molecular flexibility index (Phi) is 6.77. The van der Waals surface area contributed by atoms with Crippen LogP contribution in [-0.4, -0.2) is 35.0 Å². The highest BCUT2D eigenvalue weighted by atomic mass is 32.2. The minimum absolute atomic E-state index is 0.00114. The Bertz CT molecular complexity index is 522. The third-order valence-electron chi connectivity index (χ3n) is 3.10. The highest BCUT2D eigenvalue weighted by Gasteiger charge is 2.09. The second kappa shape index (κ2) is 8.09. The van der Waals surface area contributed by atoms with Crippen molar-refractivity contribution in [1.29, 1.82) is 0 Å². The van der Waals surface area contributed by atoms with Gasteiger partial charge in [0.1, 0.15) is 17.2 Å². The van der Waals surface area contributed by atoms with Crippen molar-refractivity contribution in [3.63, 3.8) is 0 Å². The summed E-state index contributed by atoms with van der Waals surface area (Å²) in [6.07, 6.45) is 1.28. The molecule has 7 heteroatoms. The van der Waals surface area contributed by atoms with E-state index >= 15 is 0 Å². The van der Waals surface area contributed by atoms with Gasteiger partial charge in [-0.05, 0) is 18.8 Å². The Labute approximate surface area is 126 Å². The number of nitrogens with two attached hydrogens (primary N) is 1. The topological polar surface area (TPSA) is 87.8 Å². The number of hydrogen-bond donors (Lipinski definition) is 1. The maximum absolute atomic E-state index is 10.9. The van der Waals surface area contributed by atoms with Crippen LogP contribution in [0.2, 0.25) is 0 Å². The van der Waals surface area contributed by atoms with Crippen molar-refractivity contribution < 1.29 is 22.6 Å². The average molecular weight is 317 g/mol. The molecule has 21 heavy (non-hydrogen) atoms. The highest BCUT2D eigenvalue weighted by molar-refractivity contribution is 7.89. The van der Waals surface area contributed by atoms with E-state index in [1.54, 1.807) is 32.4 Å². The lowest BCUT2D eigenvalue weighted by Crippen LogP contribution is -2.18. The first-order valence-corrected chi connectivity index (χ1v) is 8.42. The second-order valence-electron chi connectivity index (χ2n) is 4.95. The zero-order valence-corrected chi connectivity index (χ0v) is 13.5. The minimum Gasteiger partial charge on any atom is -0.496 e. The summed E-state index contributed by atoms with van der Waals surface area (Å²) in [5.41, 5.74) is 0. The normalized spacial score (nSPS) is 12.8. The first-order valence-electron chi connectivity index (χ1n) is 6.70. The molecule has 0 heterocycles. The van der Waals surface area contributed by atoms with Crippen molar-refractivity contribution in [3.8, 4) is 17.2 Å². The van der Waals surface area contributed by atoms with Gasteiger partial charge in [-0.25, -0.2) is 13.6 Å². The molecule has 1 atom stereocenters. The van der Waals surface area contributed by atoms with Crippen molar-refractivity contribution >= 4 is 10.0 Å². The molecule has 2 N–H and O–H groups in total. The van der Waals surface area contributed by atoms with Gasteiger partial charge in [0.15, 0.2) is 0 Å². The van der Waals surface area contributed by atoms with E-state index in [9.17, 15) is 8.42 Å². The van der Waals surface area contributed by atoms with E-state index in [4.69, 9.17) is 19.3 Å². The first kappa shape index (κ1) is 17.6. The standard InChI is InChI=1S/C14H23NO5S/c1-11(5-7-21(15,16)17)4-6-20-14-9-12(18-2)8-13(10-14)19-3/h8-11H,4-7H2,1-3H3,(H2,15,16,17). The quantitative estimate of drug-likeness (QED) is 0.750.